The van der Waals surface area contributed by atoms with E-state index >= 15 is 0 Å². The number of fused-ring (bicyclic) bond motifs is 1. The van der Waals surface area contributed by atoms with Crippen LogP contribution >= 0.6 is 11.3 Å². The molecular weight excluding hydrogens is 256 g/mol. The number of carbonyl (C=O) groups is 1. The van der Waals surface area contributed by atoms with Crippen LogP contribution in [0.3, 0.4) is 0 Å². The Morgan fingerprint density at radius 1 is 1.26 bits per heavy atom. The molecule has 1 amide bonds. The third-order valence-electron chi connectivity index (χ3n) is 3.50. The molecule has 1 aliphatic carbocycles. The zero-order chi connectivity index (χ0) is 13.2. The van der Waals surface area contributed by atoms with E-state index in [1.807, 2.05) is 23.6 Å². The summed E-state index contributed by atoms with van der Waals surface area (Å²) in [6.07, 6.45) is 3.47. The van der Waals surface area contributed by atoms with Crippen molar-refractivity contribution < 1.29 is 4.79 Å². The van der Waals surface area contributed by atoms with Gasteiger partial charge in [0.25, 0.3) is 0 Å². The van der Waals surface area contributed by atoms with Gasteiger partial charge in [0.1, 0.15) is 6.04 Å². The summed E-state index contributed by atoms with van der Waals surface area (Å²) in [5.74, 6) is -0.152. The van der Waals surface area contributed by atoms with Crippen molar-refractivity contribution in [3.63, 3.8) is 0 Å². The normalized spacial score (nSPS) is 15.0. The number of rotatable bonds is 3. The standard InChI is InChI=1S/C15H16N2OS/c16-14(13-5-2-8-19-13)15(18)17-12-7-6-10-3-1-4-11(10)9-12/h2,5-9,14H,1,3-4,16H2,(H,17,18). The van der Waals surface area contributed by atoms with Crippen LogP contribution in [0, 0.1) is 0 Å². The van der Waals surface area contributed by atoms with Gasteiger partial charge in [-0.25, -0.2) is 0 Å². The second-order valence-electron chi connectivity index (χ2n) is 4.82. The summed E-state index contributed by atoms with van der Waals surface area (Å²) in [7, 11) is 0. The fraction of sp³-hybridized carbons (Fsp3) is 0.267. The van der Waals surface area contributed by atoms with E-state index in [9.17, 15) is 4.79 Å². The maximum absolute atomic E-state index is 12.1. The highest BCUT2D eigenvalue weighted by Gasteiger charge is 2.18. The van der Waals surface area contributed by atoms with Gasteiger partial charge in [0, 0.05) is 10.6 Å². The molecule has 2 aromatic rings. The summed E-state index contributed by atoms with van der Waals surface area (Å²) in [6.45, 7) is 0. The fourth-order valence-electron chi connectivity index (χ4n) is 2.47. The molecule has 1 aliphatic rings. The Kier molecular flexibility index (Phi) is 3.36. The first-order valence-corrected chi connectivity index (χ1v) is 7.33. The number of benzene rings is 1. The molecule has 1 aromatic carbocycles. The molecule has 3 N–H and O–H groups in total. The Morgan fingerprint density at radius 2 is 2.11 bits per heavy atom. The van der Waals surface area contributed by atoms with Crippen LogP contribution in [-0.2, 0) is 17.6 Å². The lowest BCUT2D eigenvalue weighted by molar-refractivity contribution is -0.117. The number of thiophene rings is 1. The molecule has 3 rings (SSSR count). The number of amides is 1. The van der Waals surface area contributed by atoms with Crippen molar-refractivity contribution in [1.82, 2.24) is 0 Å². The zero-order valence-electron chi connectivity index (χ0n) is 10.6. The van der Waals surface area contributed by atoms with Crippen molar-refractivity contribution in [3.8, 4) is 0 Å². The molecule has 1 heterocycles. The molecule has 0 spiro atoms. The molecule has 0 bridgehead atoms. The average Bonchev–Trinajstić information content (AvgIpc) is 3.08. The second kappa shape index (κ2) is 5.15. The third-order valence-corrected chi connectivity index (χ3v) is 4.45. The van der Waals surface area contributed by atoms with Gasteiger partial charge in [0.15, 0.2) is 0 Å². The highest BCUT2D eigenvalue weighted by atomic mass is 32.1. The minimum atomic E-state index is -0.590. The lowest BCUT2D eigenvalue weighted by Crippen LogP contribution is -2.27. The predicted octanol–water partition coefficient (Wildman–Crippen LogP) is 2.88. The first-order chi connectivity index (χ1) is 9.24. The van der Waals surface area contributed by atoms with Crippen LogP contribution in [0.15, 0.2) is 35.7 Å². The largest absolute Gasteiger partial charge is 0.324 e. The van der Waals surface area contributed by atoms with Crippen LogP contribution < -0.4 is 11.1 Å². The summed E-state index contributed by atoms with van der Waals surface area (Å²) in [4.78, 5) is 13.0. The number of nitrogens with one attached hydrogen (secondary N) is 1. The molecule has 0 aliphatic heterocycles. The van der Waals surface area contributed by atoms with Gasteiger partial charge in [-0.1, -0.05) is 12.1 Å². The lowest BCUT2D eigenvalue weighted by Gasteiger charge is -2.11. The number of nitrogens with two attached hydrogens (primary N) is 1. The zero-order valence-corrected chi connectivity index (χ0v) is 11.4. The number of aryl methyl sites for hydroxylation is 2. The molecule has 0 radical (unpaired) electrons. The fourth-order valence-corrected chi connectivity index (χ4v) is 3.19. The lowest BCUT2D eigenvalue weighted by atomic mass is 10.1. The van der Waals surface area contributed by atoms with E-state index in [0.29, 0.717) is 0 Å². The predicted molar refractivity (Wildman–Crippen MR) is 78.3 cm³/mol. The van der Waals surface area contributed by atoms with Gasteiger partial charge in [-0.2, -0.15) is 0 Å². The summed E-state index contributed by atoms with van der Waals surface area (Å²) in [6, 6.07) is 9.34. The highest BCUT2D eigenvalue weighted by molar-refractivity contribution is 7.10. The van der Waals surface area contributed by atoms with Crippen molar-refractivity contribution in [2.24, 2.45) is 5.73 Å². The van der Waals surface area contributed by atoms with Crippen LogP contribution in [0.1, 0.15) is 28.5 Å². The number of anilines is 1. The van der Waals surface area contributed by atoms with Crippen molar-refractivity contribution in [2.75, 3.05) is 5.32 Å². The molecule has 19 heavy (non-hydrogen) atoms. The number of hydrogen-bond donors (Lipinski definition) is 2. The highest BCUT2D eigenvalue weighted by Crippen LogP contribution is 2.25. The number of carbonyl (C=O) groups excluding carboxylic acids is 1. The minimum Gasteiger partial charge on any atom is -0.324 e. The molecule has 1 atom stereocenters. The van der Waals surface area contributed by atoms with Gasteiger partial charge in [-0.3, -0.25) is 4.79 Å². The second-order valence-corrected chi connectivity index (χ2v) is 5.80. The summed E-state index contributed by atoms with van der Waals surface area (Å²) >= 11 is 1.50. The van der Waals surface area contributed by atoms with Gasteiger partial charge in [-0.05, 0) is 54.0 Å². The van der Waals surface area contributed by atoms with Crippen LogP contribution in [0.4, 0.5) is 5.69 Å². The maximum Gasteiger partial charge on any atom is 0.246 e. The van der Waals surface area contributed by atoms with E-state index in [4.69, 9.17) is 5.73 Å². The minimum absolute atomic E-state index is 0.152. The molecular formula is C15H16N2OS. The van der Waals surface area contributed by atoms with Crippen LogP contribution in [-0.4, -0.2) is 5.91 Å². The van der Waals surface area contributed by atoms with Gasteiger partial charge < -0.3 is 11.1 Å². The van der Waals surface area contributed by atoms with Crippen molar-refractivity contribution in [1.29, 1.82) is 0 Å². The molecule has 1 unspecified atom stereocenters. The van der Waals surface area contributed by atoms with Crippen molar-refractivity contribution in [3.05, 3.63) is 51.7 Å². The first kappa shape index (κ1) is 12.4. The van der Waals surface area contributed by atoms with E-state index in [-0.39, 0.29) is 5.91 Å². The van der Waals surface area contributed by atoms with Crippen LogP contribution in [0.25, 0.3) is 0 Å². The average molecular weight is 272 g/mol. The molecule has 0 fully saturated rings. The summed E-state index contributed by atoms with van der Waals surface area (Å²) < 4.78 is 0. The van der Waals surface area contributed by atoms with E-state index in [1.165, 1.54) is 28.9 Å². The van der Waals surface area contributed by atoms with E-state index < -0.39 is 6.04 Å². The summed E-state index contributed by atoms with van der Waals surface area (Å²) in [5.41, 5.74) is 9.54. The Morgan fingerprint density at radius 3 is 2.89 bits per heavy atom. The number of hydrogen-bond acceptors (Lipinski definition) is 3. The Labute approximate surface area is 116 Å². The van der Waals surface area contributed by atoms with Crippen LogP contribution in [0.5, 0.6) is 0 Å². The third kappa shape index (κ3) is 2.55. The first-order valence-electron chi connectivity index (χ1n) is 6.46. The quantitative estimate of drug-likeness (QED) is 0.902. The molecule has 0 saturated heterocycles. The van der Waals surface area contributed by atoms with Crippen LogP contribution in [0.2, 0.25) is 0 Å². The Bertz CT molecular complexity index is 592. The Balaban J connectivity index is 1.73. The Hall–Kier alpha value is -1.65. The van der Waals surface area contributed by atoms with Crippen molar-refractivity contribution >= 4 is 22.9 Å². The summed E-state index contributed by atoms with van der Waals surface area (Å²) in [5, 5.41) is 4.83. The van der Waals surface area contributed by atoms with Gasteiger partial charge in [0.2, 0.25) is 5.91 Å². The smallest absolute Gasteiger partial charge is 0.246 e. The van der Waals surface area contributed by atoms with E-state index in [0.717, 1.165) is 23.4 Å². The van der Waals surface area contributed by atoms with Gasteiger partial charge in [-0.15, -0.1) is 11.3 Å². The van der Waals surface area contributed by atoms with E-state index in [2.05, 4.69) is 17.4 Å². The molecule has 1 aromatic heterocycles. The molecule has 4 heteroatoms. The van der Waals surface area contributed by atoms with Gasteiger partial charge in [0.05, 0.1) is 0 Å². The maximum atomic E-state index is 12.1. The topological polar surface area (TPSA) is 55.1 Å². The monoisotopic (exact) mass is 272 g/mol. The van der Waals surface area contributed by atoms with Crippen molar-refractivity contribution in [2.45, 2.75) is 25.3 Å². The molecule has 98 valence electrons. The van der Waals surface area contributed by atoms with E-state index in [1.54, 1.807) is 0 Å². The molecule has 3 nitrogen and oxygen atoms in total. The van der Waals surface area contributed by atoms with Gasteiger partial charge >= 0.3 is 0 Å². The molecule has 0 saturated carbocycles. The SMILES string of the molecule is NC(C(=O)Nc1ccc2c(c1)CCC2)c1cccs1.